The topological polar surface area (TPSA) is 3.24 Å². The minimum absolute atomic E-state index is 0.0171. The molecule has 1 aromatic rings. The van der Waals surface area contributed by atoms with Gasteiger partial charge >= 0.3 is 0 Å². The van der Waals surface area contributed by atoms with E-state index in [2.05, 4.69) is 44.0 Å². The Hall–Kier alpha value is -1.83. The monoisotopic (exact) mass is 281 g/mol. The summed E-state index contributed by atoms with van der Waals surface area (Å²) in [7, 11) is 2.07. The van der Waals surface area contributed by atoms with Gasteiger partial charge in [0.1, 0.15) is 5.83 Å². The van der Waals surface area contributed by atoms with Crippen LogP contribution in [-0.2, 0) is 0 Å². The van der Waals surface area contributed by atoms with Crippen LogP contribution in [0.3, 0.4) is 0 Å². The number of likely N-dealkylation sites (N-methyl/N-ethyl adjacent to an activating group) is 1. The van der Waals surface area contributed by atoms with Gasteiger partial charge in [0.2, 0.25) is 0 Å². The van der Waals surface area contributed by atoms with Crippen LogP contribution in [0.25, 0.3) is 6.08 Å². The van der Waals surface area contributed by atoms with Crippen molar-refractivity contribution in [3.05, 3.63) is 64.1 Å². The van der Waals surface area contributed by atoms with Crippen LogP contribution in [0, 0.1) is 5.41 Å². The molecule has 21 heavy (non-hydrogen) atoms. The van der Waals surface area contributed by atoms with Gasteiger partial charge in [0.15, 0.2) is 0 Å². The molecule has 0 radical (unpaired) electrons. The summed E-state index contributed by atoms with van der Waals surface area (Å²) in [6.45, 7) is 5.56. The van der Waals surface area contributed by atoms with Crippen molar-refractivity contribution in [1.82, 2.24) is 4.90 Å². The molecule has 0 amide bonds. The molecule has 0 spiro atoms. The summed E-state index contributed by atoms with van der Waals surface area (Å²) in [4.78, 5) is 2.21. The number of benzene rings is 1. The molecule has 0 aromatic heterocycles. The zero-order valence-electron chi connectivity index (χ0n) is 12.8. The Bertz CT molecular complexity index is 721. The van der Waals surface area contributed by atoms with E-state index >= 15 is 0 Å². The number of rotatable bonds is 0. The van der Waals surface area contributed by atoms with Gasteiger partial charge in [0.25, 0.3) is 0 Å². The van der Waals surface area contributed by atoms with Gasteiger partial charge in [-0.3, -0.25) is 0 Å². The maximum atomic E-state index is 14.7. The Labute approximate surface area is 125 Å². The van der Waals surface area contributed by atoms with Gasteiger partial charge in [0.05, 0.1) is 5.92 Å². The van der Waals surface area contributed by atoms with E-state index in [-0.39, 0.29) is 17.2 Å². The lowest BCUT2D eigenvalue weighted by atomic mass is 9.74. The van der Waals surface area contributed by atoms with Crippen molar-refractivity contribution >= 4 is 6.08 Å². The third kappa shape index (κ3) is 1.81. The quantitative estimate of drug-likeness (QED) is 0.669. The summed E-state index contributed by atoms with van der Waals surface area (Å²) in [5.74, 6) is -0.196. The largest absolute Gasteiger partial charge is 0.374 e. The third-order valence-corrected chi connectivity index (χ3v) is 4.87. The predicted molar refractivity (Wildman–Crippen MR) is 84.4 cm³/mol. The molecule has 3 aliphatic rings. The number of nitrogens with zero attached hydrogens (tertiary/aromatic N) is 1. The van der Waals surface area contributed by atoms with E-state index < -0.39 is 0 Å². The van der Waals surface area contributed by atoms with Gasteiger partial charge in [-0.2, -0.15) is 0 Å². The highest BCUT2D eigenvalue weighted by Gasteiger charge is 2.40. The standard InChI is InChI=1S/C19H20FN/c1-19(2)10-15-14-8-12-6-4-5-7-13(12)18(14)16(20)9-17(15)21(3)11-19/h4-9,18H,10-11H2,1-3H3. The molecule has 1 heterocycles. The van der Waals surface area contributed by atoms with Crippen molar-refractivity contribution in [3.8, 4) is 0 Å². The van der Waals surface area contributed by atoms with Crippen molar-refractivity contribution in [1.29, 1.82) is 0 Å². The Morgan fingerprint density at radius 2 is 1.95 bits per heavy atom. The Kier molecular flexibility index (Phi) is 2.51. The number of allylic oxidation sites excluding steroid dienone is 4. The summed E-state index contributed by atoms with van der Waals surface area (Å²) in [6, 6.07) is 8.18. The van der Waals surface area contributed by atoms with E-state index in [4.69, 9.17) is 0 Å². The van der Waals surface area contributed by atoms with Gasteiger partial charge in [-0.1, -0.05) is 44.2 Å². The minimum atomic E-state index is -0.178. The average Bonchev–Trinajstić information content (AvgIpc) is 2.80. The molecule has 2 heteroatoms. The highest BCUT2D eigenvalue weighted by molar-refractivity contribution is 5.75. The summed E-state index contributed by atoms with van der Waals surface area (Å²) >= 11 is 0. The van der Waals surface area contributed by atoms with Gasteiger partial charge < -0.3 is 4.90 Å². The Morgan fingerprint density at radius 3 is 2.76 bits per heavy atom. The second-order valence-electron chi connectivity index (χ2n) is 7.25. The number of hydrogen-bond acceptors (Lipinski definition) is 1. The second-order valence-corrected chi connectivity index (χ2v) is 7.25. The smallest absolute Gasteiger partial charge is 0.114 e. The molecule has 0 saturated heterocycles. The first-order valence-electron chi connectivity index (χ1n) is 7.58. The lowest BCUT2D eigenvalue weighted by molar-refractivity contribution is 0.221. The second kappa shape index (κ2) is 4.09. The summed E-state index contributed by atoms with van der Waals surface area (Å²) in [6.07, 6.45) is 4.97. The summed E-state index contributed by atoms with van der Waals surface area (Å²) < 4.78 is 14.7. The summed E-state index contributed by atoms with van der Waals surface area (Å²) in [5, 5.41) is 0. The van der Waals surface area contributed by atoms with Crippen molar-refractivity contribution in [3.63, 3.8) is 0 Å². The van der Waals surface area contributed by atoms with E-state index in [1.807, 2.05) is 12.1 Å². The van der Waals surface area contributed by atoms with Crippen molar-refractivity contribution in [2.45, 2.75) is 26.2 Å². The molecule has 0 N–H and O–H groups in total. The van der Waals surface area contributed by atoms with Crippen molar-refractivity contribution in [2.75, 3.05) is 13.6 Å². The fraction of sp³-hybridized carbons (Fsp3) is 0.368. The maximum Gasteiger partial charge on any atom is 0.114 e. The van der Waals surface area contributed by atoms with Crippen LogP contribution in [0.5, 0.6) is 0 Å². The van der Waals surface area contributed by atoms with Crippen LogP contribution >= 0.6 is 0 Å². The molecule has 0 fully saturated rings. The molecule has 0 saturated carbocycles. The lowest BCUT2D eigenvalue weighted by Gasteiger charge is -2.42. The normalized spacial score (nSPS) is 25.9. The minimum Gasteiger partial charge on any atom is -0.374 e. The van der Waals surface area contributed by atoms with Gasteiger partial charge in [-0.25, -0.2) is 4.39 Å². The van der Waals surface area contributed by atoms with Crippen molar-refractivity contribution in [2.24, 2.45) is 5.41 Å². The van der Waals surface area contributed by atoms with E-state index in [0.717, 1.165) is 24.2 Å². The molecule has 2 aliphatic carbocycles. The van der Waals surface area contributed by atoms with Crippen molar-refractivity contribution < 1.29 is 4.39 Å². The highest BCUT2D eigenvalue weighted by atomic mass is 19.1. The molecule has 1 atom stereocenters. The van der Waals surface area contributed by atoms with Crippen LogP contribution in [-0.4, -0.2) is 18.5 Å². The first kappa shape index (κ1) is 12.9. The molecule has 4 rings (SSSR count). The Morgan fingerprint density at radius 1 is 1.19 bits per heavy atom. The lowest BCUT2D eigenvalue weighted by Crippen LogP contribution is -2.37. The highest BCUT2D eigenvalue weighted by Crippen LogP contribution is 2.52. The molecule has 1 aliphatic heterocycles. The first-order valence-corrected chi connectivity index (χ1v) is 7.58. The van der Waals surface area contributed by atoms with E-state index in [1.165, 1.54) is 16.7 Å². The predicted octanol–water partition coefficient (Wildman–Crippen LogP) is 4.65. The van der Waals surface area contributed by atoms with Crippen LogP contribution < -0.4 is 0 Å². The number of fused-ring (bicyclic) bond motifs is 4. The Balaban J connectivity index is 1.90. The van der Waals surface area contributed by atoms with Gasteiger partial charge in [0, 0.05) is 19.3 Å². The number of halogens is 1. The molecular formula is C19H20FN. The van der Waals surface area contributed by atoms with E-state index in [9.17, 15) is 4.39 Å². The third-order valence-electron chi connectivity index (χ3n) is 4.87. The van der Waals surface area contributed by atoms with Crippen LogP contribution in [0.15, 0.2) is 53.0 Å². The fourth-order valence-corrected chi connectivity index (χ4v) is 4.13. The van der Waals surface area contributed by atoms with E-state index in [1.54, 1.807) is 6.08 Å². The van der Waals surface area contributed by atoms with Gasteiger partial charge in [-0.05, 0) is 40.2 Å². The summed E-state index contributed by atoms with van der Waals surface area (Å²) in [5.41, 5.74) is 6.08. The molecule has 1 nitrogen and oxygen atoms in total. The van der Waals surface area contributed by atoms with Gasteiger partial charge in [-0.15, -0.1) is 0 Å². The van der Waals surface area contributed by atoms with Crippen LogP contribution in [0.4, 0.5) is 4.39 Å². The SMILES string of the molecule is CN1CC(C)(C)CC2=C1C=C(F)C1C2=Cc2ccccc21. The fourth-order valence-electron chi connectivity index (χ4n) is 4.13. The molecule has 1 unspecified atom stereocenters. The molecular weight excluding hydrogens is 261 g/mol. The van der Waals surface area contributed by atoms with E-state index in [0.29, 0.717) is 0 Å². The zero-order valence-corrected chi connectivity index (χ0v) is 12.8. The molecule has 1 aromatic carbocycles. The maximum absolute atomic E-state index is 14.7. The van der Waals surface area contributed by atoms with Crippen LogP contribution in [0.2, 0.25) is 0 Å². The molecule has 108 valence electrons. The average molecular weight is 281 g/mol. The molecule has 0 bridgehead atoms. The first-order chi connectivity index (χ1) is 9.96. The van der Waals surface area contributed by atoms with Crippen LogP contribution in [0.1, 0.15) is 37.3 Å². The number of hydrogen-bond donors (Lipinski definition) is 0. The zero-order chi connectivity index (χ0) is 14.8.